The van der Waals surface area contributed by atoms with Gasteiger partial charge < -0.3 is 16.2 Å². The van der Waals surface area contributed by atoms with Gasteiger partial charge in [0.2, 0.25) is 0 Å². The third-order valence-corrected chi connectivity index (χ3v) is 4.42. The number of para-hydroxylation sites is 1. The van der Waals surface area contributed by atoms with Gasteiger partial charge in [0.25, 0.3) is 5.91 Å². The summed E-state index contributed by atoms with van der Waals surface area (Å²) in [5, 5.41) is 0.654. The molecule has 0 aliphatic heterocycles. The maximum absolute atomic E-state index is 12.3. The van der Waals surface area contributed by atoms with Crippen molar-refractivity contribution in [1.29, 1.82) is 0 Å². The number of hydrogen-bond acceptors (Lipinski definition) is 4. The molecule has 0 spiro atoms. The molecule has 142 valence electrons. The minimum absolute atomic E-state index is 0.000817. The van der Waals surface area contributed by atoms with Crippen LogP contribution in [0.1, 0.15) is 17.5 Å². The number of aliphatic imine (C=N–C) groups is 2. The number of hydrogen-bond donors (Lipinski definition) is 2. The SMILES string of the molecule is C/N=C(\CC(=O)/N=C(\N)Cc1cc(Cl)c(N)c(Cl)c1)c1ccccc1OC. The number of carbonyl (C=O) groups is 1. The number of carbonyl (C=O) groups excluding carboxylic acids is 1. The molecule has 1 amide bonds. The molecular weight excluding hydrogens is 387 g/mol. The monoisotopic (exact) mass is 406 g/mol. The molecule has 2 rings (SSSR count). The van der Waals surface area contributed by atoms with Gasteiger partial charge in [-0.2, -0.15) is 0 Å². The summed E-state index contributed by atoms with van der Waals surface area (Å²) in [7, 11) is 3.17. The third-order valence-electron chi connectivity index (χ3n) is 3.80. The quantitative estimate of drug-likeness (QED) is 0.434. The zero-order chi connectivity index (χ0) is 20.0. The molecule has 2 aromatic carbocycles. The molecule has 0 aliphatic rings. The Balaban J connectivity index is 2.13. The van der Waals surface area contributed by atoms with Gasteiger partial charge in [0.1, 0.15) is 11.6 Å². The lowest BCUT2D eigenvalue weighted by molar-refractivity contribution is -0.116. The summed E-state index contributed by atoms with van der Waals surface area (Å²) in [6.07, 6.45) is 0.222. The molecule has 27 heavy (non-hydrogen) atoms. The van der Waals surface area contributed by atoms with Gasteiger partial charge >= 0.3 is 0 Å². The molecule has 0 fully saturated rings. The van der Waals surface area contributed by atoms with Crippen LogP contribution in [0.3, 0.4) is 0 Å². The van der Waals surface area contributed by atoms with E-state index in [4.69, 9.17) is 39.4 Å². The fourth-order valence-electron chi connectivity index (χ4n) is 2.51. The van der Waals surface area contributed by atoms with Crippen molar-refractivity contribution >= 4 is 46.3 Å². The zero-order valence-electron chi connectivity index (χ0n) is 15.0. The highest BCUT2D eigenvalue weighted by Crippen LogP contribution is 2.29. The fraction of sp³-hybridized carbons (Fsp3) is 0.211. The van der Waals surface area contributed by atoms with Crippen LogP contribution in [-0.4, -0.2) is 31.6 Å². The van der Waals surface area contributed by atoms with Crippen molar-refractivity contribution < 1.29 is 9.53 Å². The van der Waals surface area contributed by atoms with E-state index in [0.29, 0.717) is 32.8 Å². The summed E-state index contributed by atoms with van der Waals surface area (Å²) >= 11 is 12.0. The first kappa shape index (κ1) is 20.7. The van der Waals surface area contributed by atoms with Crippen LogP contribution in [0.4, 0.5) is 5.69 Å². The van der Waals surface area contributed by atoms with Gasteiger partial charge in [-0.15, -0.1) is 0 Å². The third kappa shape index (κ3) is 5.45. The van der Waals surface area contributed by atoms with Crippen molar-refractivity contribution in [2.45, 2.75) is 12.8 Å². The molecule has 8 heteroatoms. The Morgan fingerprint density at radius 1 is 1.19 bits per heavy atom. The number of ether oxygens (including phenoxy) is 1. The first-order chi connectivity index (χ1) is 12.8. The molecule has 0 bridgehead atoms. The lowest BCUT2D eigenvalue weighted by atomic mass is 10.1. The number of halogens is 2. The summed E-state index contributed by atoms with van der Waals surface area (Å²) in [6.45, 7) is 0. The Labute approximate surface area is 167 Å². The Bertz CT molecular complexity index is 887. The van der Waals surface area contributed by atoms with Crippen LogP contribution in [0.25, 0.3) is 0 Å². The molecular formula is C19H20Cl2N4O2. The van der Waals surface area contributed by atoms with E-state index in [1.165, 1.54) is 0 Å². The largest absolute Gasteiger partial charge is 0.496 e. The normalized spacial score (nSPS) is 12.1. The van der Waals surface area contributed by atoms with Crippen LogP contribution in [-0.2, 0) is 11.2 Å². The highest BCUT2D eigenvalue weighted by Gasteiger charge is 2.14. The van der Waals surface area contributed by atoms with Gasteiger partial charge in [-0.1, -0.05) is 35.3 Å². The lowest BCUT2D eigenvalue weighted by Crippen LogP contribution is -2.19. The van der Waals surface area contributed by atoms with Gasteiger partial charge in [0.15, 0.2) is 0 Å². The average Bonchev–Trinajstić information content (AvgIpc) is 2.63. The topological polar surface area (TPSA) is 103 Å². The highest BCUT2D eigenvalue weighted by molar-refractivity contribution is 6.39. The predicted octanol–water partition coefficient (Wildman–Crippen LogP) is 3.52. The van der Waals surface area contributed by atoms with E-state index in [1.54, 1.807) is 32.4 Å². The number of nitrogens with two attached hydrogens (primary N) is 2. The predicted molar refractivity (Wildman–Crippen MR) is 111 cm³/mol. The molecule has 0 unspecified atom stereocenters. The summed E-state index contributed by atoms with van der Waals surface area (Å²) in [6, 6.07) is 10.6. The Morgan fingerprint density at radius 3 is 2.41 bits per heavy atom. The van der Waals surface area contributed by atoms with E-state index in [0.717, 1.165) is 5.56 Å². The van der Waals surface area contributed by atoms with Gasteiger partial charge in [-0.3, -0.25) is 9.79 Å². The maximum atomic E-state index is 12.3. The highest BCUT2D eigenvalue weighted by atomic mass is 35.5. The number of benzene rings is 2. The van der Waals surface area contributed by atoms with E-state index < -0.39 is 5.91 Å². The Hall–Kier alpha value is -2.57. The summed E-state index contributed by atoms with van der Waals surface area (Å²) in [5.74, 6) is 0.369. The molecule has 2 aromatic rings. The number of amides is 1. The van der Waals surface area contributed by atoms with Crippen molar-refractivity contribution in [3.05, 3.63) is 57.6 Å². The summed E-state index contributed by atoms with van der Waals surface area (Å²) in [5.41, 5.74) is 13.9. The number of nitrogen functional groups attached to an aromatic ring is 1. The molecule has 6 nitrogen and oxygen atoms in total. The Kier molecular flexibility index (Phi) is 7.21. The van der Waals surface area contributed by atoms with Crippen molar-refractivity contribution in [3.63, 3.8) is 0 Å². The standard InChI is InChI=1S/C19H20Cl2N4O2/c1-24-15(12-5-3-4-6-16(12)27-2)10-18(26)25-17(22)9-11-7-13(20)19(23)14(21)8-11/h3-8H,9-10,23H2,1-2H3,(H2,22,25,26)/b24-15+. The smallest absolute Gasteiger partial charge is 0.253 e. The van der Waals surface area contributed by atoms with Crippen molar-refractivity contribution in [2.24, 2.45) is 15.7 Å². The number of anilines is 1. The summed E-state index contributed by atoms with van der Waals surface area (Å²) < 4.78 is 5.31. The van der Waals surface area contributed by atoms with E-state index >= 15 is 0 Å². The molecule has 4 N–H and O–H groups in total. The van der Waals surface area contributed by atoms with Gasteiger partial charge in [0.05, 0.1) is 35.0 Å². The molecule has 0 aliphatic carbocycles. The Morgan fingerprint density at radius 2 is 1.81 bits per heavy atom. The van der Waals surface area contributed by atoms with Gasteiger partial charge in [0, 0.05) is 19.0 Å². The van der Waals surface area contributed by atoms with E-state index in [9.17, 15) is 4.79 Å². The maximum Gasteiger partial charge on any atom is 0.253 e. The molecule has 0 saturated heterocycles. The molecule has 0 saturated carbocycles. The minimum Gasteiger partial charge on any atom is -0.496 e. The zero-order valence-corrected chi connectivity index (χ0v) is 16.5. The van der Waals surface area contributed by atoms with Crippen molar-refractivity contribution in [2.75, 3.05) is 19.9 Å². The van der Waals surface area contributed by atoms with Crippen LogP contribution < -0.4 is 16.2 Å². The molecule has 0 radical (unpaired) electrons. The van der Waals surface area contributed by atoms with Crippen molar-refractivity contribution in [1.82, 2.24) is 0 Å². The number of nitrogens with zero attached hydrogens (tertiary/aromatic N) is 2. The van der Waals surface area contributed by atoms with E-state index in [1.807, 2.05) is 18.2 Å². The molecule has 0 aromatic heterocycles. The average molecular weight is 407 g/mol. The minimum atomic E-state index is -0.411. The van der Waals surface area contributed by atoms with Crippen LogP contribution in [0.15, 0.2) is 46.4 Å². The van der Waals surface area contributed by atoms with E-state index in [-0.39, 0.29) is 18.7 Å². The first-order valence-electron chi connectivity index (χ1n) is 8.04. The number of amidine groups is 1. The van der Waals surface area contributed by atoms with Gasteiger partial charge in [-0.25, -0.2) is 4.99 Å². The fourth-order valence-corrected chi connectivity index (χ4v) is 3.04. The van der Waals surface area contributed by atoms with Crippen LogP contribution >= 0.6 is 23.2 Å². The van der Waals surface area contributed by atoms with Crippen LogP contribution in [0.2, 0.25) is 10.0 Å². The first-order valence-corrected chi connectivity index (χ1v) is 8.79. The second-order valence-electron chi connectivity index (χ2n) is 5.69. The van der Waals surface area contributed by atoms with Crippen molar-refractivity contribution in [3.8, 4) is 5.75 Å². The van der Waals surface area contributed by atoms with Crippen LogP contribution in [0.5, 0.6) is 5.75 Å². The number of methoxy groups -OCH3 is 1. The second kappa shape index (κ2) is 9.39. The number of rotatable bonds is 6. The molecule has 0 heterocycles. The summed E-state index contributed by atoms with van der Waals surface area (Å²) in [4.78, 5) is 20.4. The van der Waals surface area contributed by atoms with Crippen LogP contribution in [0, 0.1) is 0 Å². The van der Waals surface area contributed by atoms with Gasteiger partial charge in [-0.05, 0) is 29.8 Å². The molecule has 0 atom stereocenters. The van der Waals surface area contributed by atoms with E-state index in [2.05, 4.69) is 9.98 Å². The lowest BCUT2D eigenvalue weighted by Gasteiger charge is -2.09. The second-order valence-corrected chi connectivity index (χ2v) is 6.51.